The number of piperidine rings is 1. The number of rotatable bonds is 2. The van der Waals surface area contributed by atoms with Crippen LogP contribution in [0.5, 0.6) is 0 Å². The van der Waals surface area contributed by atoms with Crippen molar-refractivity contribution in [3.05, 3.63) is 18.3 Å². The number of nitrogens with zero attached hydrogens (tertiary/aromatic N) is 2. The zero-order chi connectivity index (χ0) is 16.0. The molecule has 0 bridgehead atoms. The highest BCUT2D eigenvalue weighted by atomic mass is 16.7. The zero-order valence-electron chi connectivity index (χ0n) is 13.9. The van der Waals surface area contributed by atoms with Gasteiger partial charge >= 0.3 is 7.12 Å². The summed E-state index contributed by atoms with van der Waals surface area (Å²) in [5.41, 5.74) is 0.276. The van der Waals surface area contributed by atoms with Crippen LogP contribution in [0.2, 0.25) is 0 Å². The van der Waals surface area contributed by atoms with E-state index in [1.165, 1.54) is 0 Å². The van der Waals surface area contributed by atoms with Crippen molar-refractivity contribution in [3.63, 3.8) is 0 Å². The Labute approximate surface area is 132 Å². The van der Waals surface area contributed by atoms with Crippen LogP contribution in [-0.4, -0.2) is 47.6 Å². The average molecular weight is 304 g/mol. The number of hydrogen-bond donors (Lipinski definition) is 1. The fourth-order valence-corrected chi connectivity index (χ4v) is 2.80. The Balaban J connectivity index is 1.70. The molecule has 0 unspecified atom stereocenters. The molecular weight excluding hydrogens is 279 g/mol. The highest BCUT2D eigenvalue weighted by molar-refractivity contribution is 6.62. The first-order valence-electron chi connectivity index (χ1n) is 8.03. The lowest BCUT2D eigenvalue weighted by molar-refractivity contribution is 0.00578. The topological polar surface area (TPSA) is 54.8 Å². The Morgan fingerprint density at radius 2 is 1.73 bits per heavy atom. The number of aromatic nitrogens is 1. The maximum absolute atomic E-state index is 9.58. The van der Waals surface area contributed by atoms with E-state index in [0.29, 0.717) is 0 Å². The summed E-state index contributed by atoms with van der Waals surface area (Å²) in [5, 5.41) is 9.58. The van der Waals surface area contributed by atoms with Crippen molar-refractivity contribution in [2.75, 3.05) is 18.0 Å². The number of pyridine rings is 1. The molecular formula is C16H25BN2O3. The molecule has 2 saturated heterocycles. The lowest BCUT2D eigenvalue weighted by Crippen LogP contribution is -2.41. The van der Waals surface area contributed by atoms with E-state index in [2.05, 4.69) is 9.88 Å². The fraction of sp³-hybridized carbons (Fsp3) is 0.688. The van der Waals surface area contributed by atoms with Gasteiger partial charge < -0.3 is 19.3 Å². The molecule has 1 aromatic heterocycles. The maximum atomic E-state index is 9.58. The van der Waals surface area contributed by atoms with Crippen LogP contribution >= 0.6 is 0 Å². The smallest absolute Gasteiger partial charge is 0.399 e. The SMILES string of the molecule is CC1(C)OB(c2ccc(N3CCC(O)CC3)nc2)OC1(C)C. The maximum Gasteiger partial charge on any atom is 0.496 e. The molecule has 22 heavy (non-hydrogen) atoms. The van der Waals surface area contributed by atoms with Gasteiger partial charge in [-0.05, 0) is 46.6 Å². The number of aliphatic hydroxyl groups is 1. The van der Waals surface area contributed by atoms with Crippen molar-refractivity contribution in [2.45, 2.75) is 57.8 Å². The normalized spacial score (nSPS) is 24.8. The molecule has 0 atom stereocenters. The van der Waals surface area contributed by atoms with E-state index >= 15 is 0 Å². The van der Waals surface area contributed by atoms with Crippen molar-refractivity contribution >= 4 is 18.4 Å². The molecule has 1 N–H and O–H groups in total. The first-order valence-corrected chi connectivity index (χ1v) is 8.03. The molecule has 1 aromatic rings. The molecule has 0 aliphatic carbocycles. The number of aliphatic hydroxyl groups excluding tert-OH is 1. The Morgan fingerprint density at radius 1 is 1.14 bits per heavy atom. The third kappa shape index (κ3) is 2.87. The van der Waals surface area contributed by atoms with E-state index in [4.69, 9.17) is 9.31 Å². The van der Waals surface area contributed by atoms with Crippen LogP contribution in [0.4, 0.5) is 5.82 Å². The Hall–Kier alpha value is -1.11. The predicted molar refractivity (Wildman–Crippen MR) is 87.4 cm³/mol. The van der Waals surface area contributed by atoms with E-state index < -0.39 is 0 Å². The molecule has 5 nitrogen and oxygen atoms in total. The van der Waals surface area contributed by atoms with Crippen molar-refractivity contribution in [1.82, 2.24) is 4.98 Å². The summed E-state index contributed by atoms with van der Waals surface area (Å²) >= 11 is 0. The highest BCUT2D eigenvalue weighted by Gasteiger charge is 2.51. The minimum absolute atomic E-state index is 0.166. The molecule has 0 radical (unpaired) electrons. The molecule has 3 rings (SSSR count). The second-order valence-corrected chi connectivity index (χ2v) is 7.26. The fourth-order valence-electron chi connectivity index (χ4n) is 2.80. The summed E-state index contributed by atoms with van der Waals surface area (Å²) in [6.45, 7) is 9.90. The summed E-state index contributed by atoms with van der Waals surface area (Å²) in [4.78, 5) is 6.76. The molecule has 0 saturated carbocycles. The van der Waals surface area contributed by atoms with Gasteiger partial charge in [0, 0.05) is 24.7 Å². The molecule has 6 heteroatoms. The summed E-state index contributed by atoms with van der Waals surface area (Å²) in [6, 6.07) is 4.04. The van der Waals surface area contributed by atoms with E-state index in [0.717, 1.165) is 37.2 Å². The largest absolute Gasteiger partial charge is 0.496 e. The van der Waals surface area contributed by atoms with Crippen LogP contribution < -0.4 is 10.4 Å². The molecule has 0 spiro atoms. The molecule has 2 fully saturated rings. The minimum Gasteiger partial charge on any atom is -0.399 e. The van der Waals surface area contributed by atoms with Crippen LogP contribution in [0, 0.1) is 0 Å². The standard InChI is InChI=1S/C16H25BN2O3/c1-15(2)16(3,4)22-17(21-15)12-5-6-14(18-11-12)19-9-7-13(20)8-10-19/h5-6,11,13,20H,7-10H2,1-4H3. The van der Waals surface area contributed by atoms with Crippen molar-refractivity contribution < 1.29 is 14.4 Å². The second kappa shape index (κ2) is 5.51. The van der Waals surface area contributed by atoms with Crippen LogP contribution in [-0.2, 0) is 9.31 Å². The van der Waals surface area contributed by atoms with E-state index in [9.17, 15) is 5.11 Å². The predicted octanol–water partition coefficient (Wildman–Crippen LogP) is 1.34. The summed E-state index contributed by atoms with van der Waals surface area (Å²) < 4.78 is 12.1. The Kier molecular flexibility index (Phi) is 3.95. The van der Waals surface area contributed by atoms with Gasteiger partial charge in [-0.1, -0.05) is 6.07 Å². The highest BCUT2D eigenvalue weighted by Crippen LogP contribution is 2.36. The lowest BCUT2D eigenvalue weighted by Gasteiger charge is -2.32. The second-order valence-electron chi connectivity index (χ2n) is 7.26. The van der Waals surface area contributed by atoms with Gasteiger partial charge in [0.1, 0.15) is 5.82 Å². The van der Waals surface area contributed by atoms with Gasteiger partial charge in [0.15, 0.2) is 0 Å². The van der Waals surface area contributed by atoms with Gasteiger partial charge in [-0.2, -0.15) is 0 Å². The lowest BCUT2D eigenvalue weighted by atomic mass is 9.80. The van der Waals surface area contributed by atoms with E-state index in [1.54, 1.807) is 0 Å². The minimum atomic E-state index is -0.366. The average Bonchev–Trinajstić information content (AvgIpc) is 2.68. The molecule has 2 aliphatic rings. The van der Waals surface area contributed by atoms with Gasteiger partial charge in [0.2, 0.25) is 0 Å². The molecule has 3 heterocycles. The zero-order valence-corrected chi connectivity index (χ0v) is 13.9. The van der Waals surface area contributed by atoms with Crippen molar-refractivity contribution in [3.8, 4) is 0 Å². The Bertz CT molecular complexity index is 509. The molecule has 0 amide bonds. The summed E-state index contributed by atoms with van der Waals surface area (Å²) in [5.74, 6) is 0.951. The van der Waals surface area contributed by atoms with Crippen molar-refractivity contribution in [1.29, 1.82) is 0 Å². The summed E-state index contributed by atoms with van der Waals surface area (Å²) in [7, 11) is -0.366. The van der Waals surface area contributed by atoms with E-state index in [-0.39, 0.29) is 24.4 Å². The number of anilines is 1. The Morgan fingerprint density at radius 3 is 2.23 bits per heavy atom. The van der Waals surface area contributed by atoms with E-state index in [1.807, 2.05) is 46.0 Å². The first kappa shape index (κ1) is 15.8. The van der Waals surface area contributed by atoms with Crippen LogP contribution in [0.1, 0.15) is 40.5 Å². The first-order chi connectivity index (χ1) is 10.3. The van der Waals surface area contributed by atoms with Gasteiger partial charge in [0.25, 0.3) is 0 Å². The van der Waals surface area contributed by atoms with Gasteiger partial charge in [-0.15, -0.1) is 0 Å². The van der Waals surface area contributed by atoms with Crippen LogP contribution in [0.25, 0.3) is 0 Å². The van der Waals surface area contributed by atoms with Crippen LogP contribution in [0.3, 0.4) is 0 Å². The molecule has 120 valence electrons. The number of hydrogen-bond acceptors (Lipinski definition) is 5. The summed E-state index contributed by atoms with van der Waals surface area (Å²) in [6.07, 6.45) is 3.28. The third-order valence-electron chi connectivity index (χ3n) is 5.08. The monoisotopic (exact) mass is 304 g/mol. The van der Waals surface area contributed by atoms with Crippen LogP contribution in [0.15, 0.2) is 18.3 Å². The van der Waals surface area contributed by atoms with Gasteiger partial charge in [-0.25, -0.2) is 4.98 Å². The molecule has 0 aromatic carbocycles. The van der Waals surface area contributed by atoms with Gasteiger partial charge in [0.05, 0.1) is 17.3 Å². The van der Waals surface area contributed by atoms with Gasteiger partial charge in [-0.3, -0.25) is 0 Å². The molecule has 2 aliphatic heterocycles. The third-order valence-corrected chi connectivity index (χ3v) is 5.08. The quantitative estimate of drug-likeness (QED) is 0.836. The van der Waals surface area contributed by atoms with Crippen molar-refractivity contribution in [2.24, 2.45) is 0 Å².